The average Bonchev–Trinajstić information content (AvgIpc) is 2.08. The van der Waals surface area contributed by atoms with Crippen molar-refractivity contribution in [3.05, 3.63) is 28.2 Å². The fourth-order valence-corrected chi connectivity index (χ4v) is 1.47. The number of nitrogens with two attached hydrogens (primary N) is 2. The molecule has 0 saturated heterocycles. The van der Waals surface area contributed by atoms with E-state index in [9.17, 15) is 5.11 Å². The van der Waals surface area contributed by atoms with Gasteiger partial charge in [0, 0.05) is 17.6 Å². The fourth-order valence-electron chi connectivity index (χ4n) is 1.08. The molecule has 0 amide bonds. The van der Waals surface area contributed by atoms with E-state index in [1.807, 2.05) is 13.0 Å². The number of rotatable bonds is 2. The summed E-state index contributed by atoms with van der Waals surface area (Å²) in [5.74, 6) is 0.173. The quantitative estimate of drug-likeness (QED) is 0.739. The molecule has 72 valence electrons. The Bertz CT molecular complexity index is 302. The summed E-state index contributed by atoms with van der Waals surface area (Å²) in [6.07, 6.45) is 0. The molecule has 0 radical (unpaired) electrons. The van der Waals surface area contributed by atoms with Crippen LogP contribution in [0.25, 0.3) is 0 Å². The lowest BCUT2D eigenvalue weighted by atomic mass is 10.0. The topological polar surface area (TPSA) is 72.3 Å². The average molecular weight is 245 g/mol. The lowest BCUT2D eigenvalue weighted by Gasteiger charge is -2.17. The Hall–Kier alpha value is -0.580. The van der Waals surface area contributed by atoms with Crippen LogP contribution in [-0.2, 0) is 0 Å². The number of phenols is 1. The van der Waals surface area contributed by atoms with Crippen molar-refractivity contribution in [2.24, 2.45) is 11.5 Å². The molecule has 5 N–H and O–H groups in total. The molecule has 0 aliphatic carbocycles. The predicted molar refractivity (Wildman–Crippen MR) is 56.4 cm³/mol. The highest BCUT2D eigenvalue weighted by Gasteiger charge is 2.15. The summed E-state index contributed by atoms with van der Waals surface area (Å²) >= 11 is 3.22. The lowest BCUT2D eigenvalue weighted by molar-refractivity contribution is 0.450. The van der Waals surface area contributed by atoms with Crippen LogP contribution in [-0.4, -0.2) is 11.1 Å². The molecule has 0 heterocycles. The summed E-state index contributed by atoms with van der Waals surface area (Å²) in [5, 5.41) is 9.63. The number of halogens is 1. The molecule has 1 aromatic carbocycles. The van der Waals surface area contributed by atoms with Crippen molar-refractivity contribution < 1.29 is 5.11 Å². The van der Waals surface area contributed by atoms with Gasteiger partial charge >= 0.3 is 0 Å². The molecule has 4 heteroatoms. The van der Waals surface area contributed by atoms with Crippen molar-refractivity contribution in [2.75, 3.05) is 0 Å². The van der Waals surface area contributed by atoms with Gasteiger partial charge in [-0.3, -0.25) is 0 Å². The lowest BCUT2D eigenvalue weighted by Crippen LogP contribution is -2.31. The van der Waals surface area contributed by atoms with E-state index in [1.165, 1.54) is 0 Å². The Labute approximate surface area is 85.9 Å². The molecule has 0 fully saturated rings. The summed E-state index contributed by atoms with van der Waals surface area (Å²) in [7, 11) is 0. The van der Waals surface area contributed by atoms with E-state index in [0.717, 1.165) is 0 Å². The van der Waals surface area contributed by atoms with Crippen LogP contribution in [0.2, 0.25) is 0 Å². The maximum absolute atomic E-state index is 9.63. The van der Waals surface area contributed by atoms with E-state index in [-0.39, 0.29) is 17.8 Å². The molecule has 1 aromatic rings. The monoisotopic (exact) mass is 244 g/mol. The van der Waals surface area contributed by atoms with Gasteiger partial charge in [-0.15, -0.1) is 0 Å². The molecule has 0 aromatic heterocycles. The van der Waals surface area contributed by atoms with Gasteiger partial charge in [0.15, 0.2) is 0 Å². The van der Waals surface area contributed by atoms with Crippen LogP contribution in [0.3, 0.4) is 0 Å². The van der Waals surface area contributed by atoms with Gasteiger partial charge in [0.05, 0.1) is 4.47 Å². The molecule has 0 aliphatic rings. The molecule has 0 aliphatic heterocycles. The summed E-state index contributed by atoms with van der Waals surface area (Å²) in [6.45, 7) is 1.81. The number of aromatic hydroxyl groups is 1. The third kappa shape index (κ3) is 2.21. The van der Waals surface area contributed by atoms with Crippen LogP contribution in [0.4, 0.5) is 0 Å². The standard InChI is InChI=1S/C9H13BrN2O/c1-5(11)8(12)6-3-2-4-7(10)9(6)13/h2-5,8,13H,11-12H2,1H3. The van der Waals surface area contributed by atoms with Gasteiger partial charge in [0.1, 0.15) is 5.75 Å². The Morgan fingerprint density at radius 3 is 2.54 bits per heavy atom. The first kappa shape index (κ1) is 10.5. The molecule has 0 bridgehead atoms. The van der Waals surface area contributed by atoms with E-state index < -0.39 is 0 Å². The van der Waals surface area contributed by atoms with Crippen molar-refractivity contribution in [1.82, 2.24) is 0 Å². The molecule has 1 rings (SSSR count). The maximum Gasteiger partial charge on any atom is 0.134 e. The van der Waals surface area contributed by atoms with Gasteiger partial charge < -0.3 is 16.6 Å². The molecular weight excluding hydrogens is 232 g/mol. The van der Waals surface area contributed by atoms with E-state index in [4.69, 9.17) is 11.5 Å². The summed E-state index contributed by atoms with van der Waals surface area (Å²) < 4.78 is 0.640. The molecule has 2 atom stereocenters. The summed E-state index contributed by atoms with van der Waals surface area (Å²) in [5.41, 5.74) is 12.1. The van der Waals surface area contributed by atoms with Gasteiger partial charge in [-0.25, -0.2) is 0 Å². The zero-order valence-corrected chi connectivity index (χ0v) is 8.95. The smallest absolute Gasteiger partial charge is 0.134 e. The van der Waals surface area contributed by atoms with Crippen LogP contribution < -0.4 is 11.5 Å². The Morgan fingerprint density at radius 2 is 2.00 bits per heavy atom. The number of phenolic OH excluding ortho intramolecular Hbond substituents is 1. The highest BCUT2D eigenvalue weighted by atomic mass is 79.9. The molecule has 2 unspecified atom stereocenters. The maximum atomic E-state index is 9.63. The molecule has 0 saturated carbocycles. The van der Waals surface area contributed by atoms with Crippen molar-refractivity contribution in [3.63, 3.8) is 0 Å². The van der Waals surface area contributed by atoms with Crippen LogP contribution in [0.1, 0.15) is 18.5 Å². The van der Waals surface area contributed by atoms with Crippen LogP contribution >= 0.6 is 15.9 Å². The van der Waals surface area contributed by atoms with Crippen molar-refractivity contribution in [3.8, 4) is 5.75 Å². The Balaban J connectivity index is 3.07. The second-order valence-electron chi connectivity index (χ2n) is 3.06. The zero-order valence-electron chi connectivity index (χ0n) is 7.37. The van der Waals surface area contributed by atoms with E-state index >= 15 is 0 Å². The number of benzene rings is 1. The van der Waals surface area contributed by atoms with Crippen LogP contribution in [0.5, 0.6) is 5.75 Å². The number of hydrogen-bond donors (Lipinski definition) is 3. The van der Waals surface area contributed by atoms with Crippen molar-refractivity contribution in [1.29, 1.82) is 0 Å². The van der Waals surface area contributed by atoms with Crippen molar-refractivity contribution >= 4 is 15.9 Å². The molecule has 3 nitrogen and oxygen atoms in total. The zero-order chi connectivity index (χ0) is 10.0. The normalized spacial score (nSPS) is 15.4. The first-order valence-electron chi connectivity index (χ1n) is 4.02. The van der Waals surface area contributed by atoms with Gasteiger partial charge in [-0.2, -0.15) is 0 Å². The Kier molecular flexibility index (Phi) is 3.30. The highest BCUT2D eigenvalue weighted by molar-refractivity contribution is 9.10. The minimum absolute atomic E-state index is 0.173. The number of hydrogen-bond acceptors (Lipinski definition) is 3. The molecular formula is C9H13BrN2O. The van der Waals surface area contributed by atoms with E-state index in [1.54, 1.807) is 12.1 Å². The predicted octanol–water partition coefficient (Wildman–Crippen LogP) is 1.50. The fraction of sp³-hybridized carbons (Fsp3) is 0.333. The summed E-state index contributed by atoms with van der Waals surface area (Å²) in [6, 6.07) is 4.83. The van der Waals surface area contributed by atoms with Gasteiger partial charge in [-0.05, 0) is 28.9 Å². The Morgan fingerprint density at radius 1 is 1.38 bits per heavy atom. The first-order chi connectivity index (χ1) is 6.04. The minimum atomic E-state index is -0.336. The highest BCUT2D eigenvalue weighted by Crippen LogP contribution is 2.31. The van der Waals surface area contributed by atoms with E-state index in [2.05, 4.69) is 15.9 Å². The van der Waals surface area contributed by atoms with Crippen LogP contribution in [0.15, 0.2) is 22.7 Å². The SMILES string of the molecule is CC(N)C(N)c1cccc(Br)c1O. The number of para-hydroxylation sites is 1. The molecule has 0 spiro atoms. The molecule has 13 heavy (non-hydrogen) atoms. The first-order valence-corrected chi connectivity index (χ1v) is 4.82. The van der Waals surface area contributed by atoms with Gasteiger partial charge in [0.2, 0.25) is 0 Å². The summed E-state index contributed by atoms with van der Waals surface area (Å²) in [4.78, 5) is 0. The minimum Gasteiger partial charge on any atom is -0.506 e. The second-order valence-corrected chi connectivity index (χ2v) is 3.92. The van der Waals surface area contributed by atoms with Gasteiger partial charge in [0.25, 0.3) is 0 Å². The third-order valence-corrected chi connectivity index (χ3v) is 2.58. The third-order valence-electron chi connectivity index (χ3n) is 1.94. The largest absolute Gasteiger partial charge is 0.506 e. The van der Waals surface area contributed by atoms with E-state index in [0.29, 0.717) is 10.0 Å². The van der Waals surface area contributed by atoms with Crippen molar-refractivity contribution in [2.45, 2.75) is 19.0 Å². The second kappa shape index (κ2) is 4.09. The van der Waals surface area contributed by atoms with Crippen LogP contribution in [0, 0.1) is 0 Å². The van der Waals surface area contributed by atoms with Gasteiger partial charge in [-0.1, -0.05) is 12.1 Å².